The molecule has 0 bridgehead atoms. The summed E-state index contributed by atoms with van der Waals surface area (Å²) in [6.45, 7) is 1.81. The summed E-state index contributed by atoms with van der Waals surface area (Å²) in [5.41, 5.74) is 3.66. The predicted octanol–water partition coefficient (Wildman–Crippen LogP) is 2.80. The summed E-state index contributed by atoms with van der Waals surface area (Å²) in [5.74, 6) is 0. The van der Waals surface area contributed by atoms with Crippen LogP contribution in [0.3, 0.4) is 0 Å². The minimum absolute atomic E-state index is 0.897. The number of benzene rings is 1. The number of pyridine rings is 1. The van der Waals surface area contributed by atoms with Crippen molar-refractivity contribution in [1.82, 2.24) is 14.9 Å². The van der Waals surface area contributed by atoms with Gasteiger partial charge in [-0.25, -0.2) is 0 Å². The molecule has 0 saturated heterocycles. The molecule has 3 nitrogen and oxygen atoms in total. The SMILES string of the molecule is CNCc1ccn(Cc2ccc3ncccc3c2)c1. The van der Waals surface area contributed by atoms with Gasteiger partial charge in [0.1, 0.15) is 0 Å². The minimum Gasteiger partial charge on any atom is -0.350 e. The molecule has 3 heteroatoms. The van der Waals surface area contributed by atoms with E-state index in [0.29, 0.717) is 0 Å². The number of hydrogen-bond acceptors (Lipinski definition) is 2. The lowest BCUT2D eigenvalue weighted by atomic mass is 10.1. The molecule has 2 aromatic heterocycles. The van der Waals surface area contributed by atoms with Crippen molar-refractivity contribution in [2.45, 2.75) is 13.1 Å². The Balaban J connectivity index is 1.83. The Morgan fingerprint density at radius 3 is 3.00 bits per heavy atom. The molecule has 0 unspecified atom stereocenters. The van der Waals surface area contributed by atoms with Crippen molar-refractivity contribution in [3.8, 4) is 0 Å². The molecule has 3 rings (SSSR count). The van der Waals surface area contributed by atoms with Gasteiger partial charge in [-0.2, -0.15) is 0 Å². The zero-order valence-corrected chi connectivity index (χ0v) is 11.0. The van der Waals surface area contributed by atoms with Crippen LogP contribution in [0.15, 0.2) is 55.0 Å². The fraction of sp³-hybridized carbons (Fsp3) is 0.188. The highest BCUT2D eigenvalue weighted by atomic mass is 14.9. The number of nitrogens with one attached hydrogen (secondary N) is 1. The maximum Gasteiger partial charge on any atom is 0.0702 e. The monoisotopic (exact) mass is 251 g/mol. The van der Waals surface area contributed by atoms with E-state index in [1.54, 1.807) is 0 Å². The van der Waals surface area contributed by atoms with E-state index in [1.807, 2.05) is 19.3 Å². The first-order chi connectivity index (χ1) is 9.35. The van der Waals surface area contributed by atoms with Crippen LogP contribution in [-0.2, 0) is 13.1 Å². The number of rotatable bonds is 4. The van der Waals surface area contributed by atoms with Crippen LogP contribution in [0.2, 0.25) is 0 Å². The van der Waals surface area contributed by atoms with Crippen LogP contribution in [0.5, 0.6) is 0 Å². The average Bonchev–Trinajstić information content (AvgIpc) is 2.86. The molecule has 0 atom stereocenters. The Labute approximate surface area is 112 Å². The molecule has 2 heterocycles. The third kappa shape index (κ3) is 2.66. The van der Waals surface area contributed by atoms with E-state index < -0.39 is 0 Å². The molecule has 0 aliphatic rings. The van der Waals surface area contributed by atoms with Crippen molar-refractivity contribution in [3.63, 3.8) is 0 Å². The molecule has 0 aliphatic carbocycles. The van der Waals surface area contributed by atoms with Gasteiger partial charge in [0.15, 0.2) is 0 Å². The van der Waals surface area contributed by atoms with Gasteiger partial charge in [0, 0.05) is 37.1 Å². The van der Waals surface area contributed by atoms with Gasteiger partial charge in [0.25, 0.3) is 0 Å². The normalized spacial score (nSPS) is 11.0. The van der Waals surface area contributed by atoms with E-state index >= 15 is 0 Å². The van der Waals surface area contributed by atoms with E-state index in [2.05, 4.69) is 57.6 Å². The third-order valence-corrected chi connectivity index (χ3v) is 3.23. The lowest BCUT2D eigenvalue weighted by Crippen LogP contribution is -2.04. The van der Waals surface area contributed by atoms with Gasteiger partial charge >= 0.3 is 0 Å². The fourth-order valence-electron chi connectivity index (χ4n) is 2.33. The van der Waals surface area contributed by atoms with E-state index in [-0.39, 0.29) is 0 Å². The Hall–Kier alpha value is -2.13. The predicted molar refractivity (Wildman–Crippen MR) is 78.0 cm³/mol. The van der Waals surface area contributed by atoms with Crippen LogP contribution in [0.1, 0.15) is 11.1 Å². The third-order valence-electron chi connectivity index (χ3n) is 3.23. The summed E-state index contributed by atoms with van der Waals surface area (Å²) in [7, 11) is 1.97. The highest BCUT2D eigenvalue weighted by Gasteiger charge is 2.00. The van der Waals surface area contributed by atoms with Gasteiger partial charge in [0.05, 0.1) is 5.52 Å². The molecular formula is C16H17N3. The molecule has 0 aliphatic heterocycles. The fourth-order valence-corrected chi connectivity index (χ4v) is 2.33. The largest absolute Gasteiger partial charge is 0.350 e. The summed E-state index contributed by atoms with van der Waals surface area (Å²) < 4.78 is 2.21. The van der Waals surface area contributed by atoms with Crippen LogP contribution in [-0.4, -0.2) is 16.6 Å². The zero-order chi connectivity index (χ0) is 13.1. The van der Waals surface area contributed by atoms with Crippen molar-refractivity contribution in [3.05, 3.63) is 66.1 Å². The van der Waals surface area contributed by atoms with Gasteiger partial charge in [-0.15, -0.1) is 0 Å². The average molecular weight is 251 g/mol. The molecule has 3 aromatic rings. The molecule has 96 valence electrons. The van der Waals surface area contributed by atoms with Crippen molar-refractivity contribution in [2.24, 2.45) is 0 Å². The molecule has 0 radical (unpaired) electrons. The van der Waals surface area contributed by atoms with Crippen molar-refractivity contribution < 1.29 is 0 Å². The van der Waals surface area contributed by atoms with Crippen LogP contribution < -0.4 is 5.32 Å². The highest BCUT2D eigenvalue weighted by molar-refractivity contribution is 5.78. The van der Waals surface area contributed by atoms with E-state index in [9.17, 15) is 0 Å². The van der Waals surface area contributed by atoms with Gasteiger partial charge in [-0.1, -0.05) is 12.1 Å². The minimum atomic E-state index is 0.897. The van der Waals surface area contributed by atoms with Gasteiger partial charge in [-0.05, 0) is 42.4 Å². The molecule has 0 amide bonds. The van der Waals surface area contributed by atoms with E-state index in [0.717, 1.165) is 18.6 Å². The summed E-state index contributed by atoms with van der Waals surface area (Å²) in [5, 5.41) is 4.36. The summed E-state index contributed by atoms with van der Waals surface area (Å²) in [6.07, 6.45) is 6.14. The topological polar surface area (TPSA) is 29.9 Å². The smallest absolute Gasteiger partial charge is 0.0702 e. The highest BCUT2D eigenvalue weighted by Crippen LogP contribution is 2.14. The van der Waals surface area contributed by atoms with Gasteiger partial charge < -0.3 is 9.88 Å². The van der Waals surface area contributed by atoms with Crippen LogP contribution in [0.25, 0.3) is 10.9 Å². The maximum atomic E-state index is 4.34. The number of hydrogen-bond donors (Lipinski definition) is 1. The Bertz CT molecular complexity index is 685. The zero-order valence-electron chi connectivity index (χ0n) is 11.0. The van der Waals surface area contributed by atoms with Crippen LogP contribution in [0.4, 0.5) is 0 Å². The quantitative estimate of drug-likeness (QED) is 0.772. The number of fused-ring (bicyclic) bond motifs is 1. The second-order valence-corrected chi connectivity index (χ2v) is 4.75. The van der Waals surface area contributed by atoms with Crippen molar-refractivity contribution in [2.75, 3.05) is 7.05 Å². The van der Waals surface area contributed by atoms with Gasteiger partial charge in [-0.3, -0.25) is 4.98 Å². The molecule has 0 spiro atoms. The van der Waals surface area contributed by atoms with E-state index in [1.165, 1.54) is 16.5 Å². The first-order valence-corrected chi connectivity index (χ1v) is 6.48. The molecular weight excluding hydrogens is 234 g/mol. The lowest BCUT2D eigenvalue weighted by Gasteiger charge is -2.05. The first kappa shape index (κ1) is 11.9. The van der Waals surface area contributed by atoms with Crippen LogP contribution >= 0.6 is 0 Å². The Morgan fingerprint density at radius 2 is 2.11 bits per heavy atom. The number of aromatic nitrogens is 2. The number of nitrogens with zero attached hydrogens (tertiary/aromatic N) is 2. The van der Waals surface area contributed by atoms with Crippen molar-refractivity contribution in [1.29, 1.82) is 0 Å². The second kappa shape index (κ2) is 5.24. The Morgan fingerprint density at radius 1 is 1.16 bits per heavy atom. The Kier molecular flexibility index (Phi) is 3.29. The standard InChI is InChI=1S/C16H17N3/c1-17-10-14-6-8-19(12-14)11-13-4-5-16-15(9-13)3-2-7-18-16/h2-9,12,17H,10-11H2,1H3. The summed E-state index contributed by atoms with van der Waals surface area (Å²) in [6, 6.07) is 12.7. The second-order valence-electron chi connectivity index (χ2n) is 4.75. The van der Waals surface area contributed by atoms with Crippen molar-refractivity contribution >= 4 is 10.9 Å². The molecule has 1 N–H and O–H groups in total. The summed E-state index contributed by atoms with van der Waals surface area (Å²) >= 11 is 0. The molecule has 1 aromatic carbocycles. The lowest BCUT2D eigenvalue weighted by molar-refractivity contribution is 0.783. The van der Waals surface area contributed by atoms with Gasteiger partial charge in [0.2, 0.25) is 0 Å². The molecule has 0 saturated carbocycles. The first-order valence-electron chi connectivity index (χ1n) is 6.48. The molecule has 19 heavy (non-hydrogen) atoms. The maximum absolute atomic E-state index is 4.34. The van der Waals surface area contributed by atoms with Crippen LogP contribution in [0, 0.1) is 0 Å². The molecule has 0 fully saturated rings. The van der Waals surface area contributed by atoms with E-state index in [4.69, 9.17) is 0 Å². The summed E-state index contributed by atoms with van der Waals surface area (Å²) in [4.78, 5) is 4.34.